The minimum atomic E-state index is -0.717. The van der Waals surface area contributed by atoms with E-state index in [-0.39, 0.29) is 6.04 Å². The van der Waals surface area contributed by atoms with E-state index < -0.39 is 12.0 Å². The molecule has 0 bridgehead atoms. The van der Waals surface area contributed by atoms with Gasteiger partial charge in [-0.3, -0.25) is 4.79 Å². The molecular weight excluding hydrogens is 299 g/mol. The highest BCUT2D eigenvalue weighted by atomic mass is 35.5. The first kappa shape index (κ1) is 17.1. The summed E-state index contributed by atoms with van der Waals surface area (Å²) in [6.45, 7) is 3.81. The summed E-state index contributed by atoms with van der Waals surface area (Å²) in [7, 11) is 0. The van der Waals surface area contributed by atoms with E-state index in [1.54, 1.807) is 12.1 Å². The van der Waals surface area contributed by atoms with Gasteiger partial charge < -0.3 is 16.2 Å². The smallest absolute Gasteiger partial charge is 0.258 e. The van der Waals surface area contributed by atoms with Crippen LogP contribution in [0.2, 0.25) is 10.0 Å². The average Bonchev–Trinajstić information content (AvgIpc) is 2.37. The van der Waals surface area contributed by atoms with Gasteiger partial charge in [0.15, 0.2) is 6.10 Å². The van der Waals surface area contributed by atoms with E-state index >= 15 is 0 Å². The average molecular weight is 319 g/mol. The van der Waals surface area contributed by atoms with Crippen LogP contribution in [-0.4, -0.2) is 18.1 Å². The Morgan fingerprint density at radius 3 is 2.45 bits per heavy atom. The van der Waals surface area contributed by atoms with Crippen LogP contribution in [0.4, 0.5) is 0 Å². The van der Waals surface area contributed by atoms with Crippen LogP contribution in [0, 0.1) is 0 Å². The summed E-state index contributed by atoms with van der Waals surface area (Å²) < 4.78 is 5.67. The third kappa shape index (κ3) is 4.54. The van der Waals surface area contributed by atoms with Gasteiger partial charge in [0.25, 0.3) is 5.91 Å². The van der Waals surface area contributed by atoms with Crippen molar-refractivity contribution in [1.29, 1.82) is 0 Å². The molecule has 0 aliphatic heterocycles. The van der Waals surface area contributed by atoms with Crippen molar-refractivity contribution < 1.29 is 9.53 Å². The molecule has 6 heteroatoms. The molecule has 0 heterocycles. The molecular formula is C14H20Cl2N2O2. The number of benzene rings is 1. The first-order chi connectivity index (χ1) is 9.38. The molecule has 1 rings (SSSR count). The predicted molar refractivity (Wildman–Crippen MR) is 82.3 cm³/mol. The number of nitrogens with two attached hydrogens (primary N) is 2. The molecule has 1 amide bonds. The van der Waals surface area contributed by atoms with Crippen molar-refractivity contribution in [1.82, 2.24) is 0 Å². The molecule has 0 spiro atoms. The molecule has 2 atom stereocenters. The lowest BCUT2D eigenvalue weighted by atomic mass is 10.0. The van der Waals surface area contributed by atoms with Gasteiger partial charge in [0.1, 0.15) is 5.75 Å². The molecule has 112 valence electrons. The van der Waals surface area contributed by atoms with Crippen molar-refractivity contribution in [2.24, 2.45) is 11.5 Å². The van der Waals surface area contributed by atoms with Crippen molar-refractivity contribution in [2.45, 2.75) is 45.3 Å². The Morgan fingerprint density at radius 2 is 1.95 bits per heavy atom. The van der Waals surface area contributed by atoms with Crippen molar-refractivity contribution in [3.05, 3.63) is 27.7 Å². The van der Waals surface area contributed by atoms with Crippen LogP contribution in [0.1, 0.15) is 32.3 Å². The second-order valence-electron chi connectivity index (χ2n) is 4.67. The lowest BCUT2D eigenvalue weighted by molar-refractivity contribution is -0.124. The second-order valence-corrected chi connectivity index (χ2v) is 5.51. The Bertz CT molecular complexity index is 480. The highest BCUT2D eigenvalue weighted by Crippen LogP contribution is 2.34. The molecule has 0 fully saturated rings. The number of amides is 1. The fraction of sp³-hybridized carbons (Fsp3) is 0.500. The van der Waals surface area contributed by atoms with Gasteiger partial charge in [-0.05, 0) is 37.0 Å². The first-order valence-electron chi connectivity index (χ1n) is 6.58. The van der Waals surface area contributed by atoms with Crippen LogP contribution in [0.5, 0.6) is 5.75 Å². The minimum absolute atomic E-state index is 0.0273. The molecule has 0 aliphatic rings. The predicted octanol–water partition coefficient (Wildman–Crippen LogP) is 2.92. The van der Waals surface area contributed by atoms with Gasteiger partial charge in [0, 0.05) is 11.1 Å². The molecule has 20 heavy (non-hydrogen) atoms. The molecule has 2 unspecified atom stereocenters. The van der Waals surface area contributed by atoms with E-state index in [1.807, 2.05) is 13.8 Å². The monoisotopic (exact) mass is 318 g/mol. The number of rotatable bonds is 7. The third-order valence-electron chi connectivity index (χ3n) is 3.04. The van der Waals surface area contributed by atoms with E-state index in [1.165, 1.54) is 0 Å². The Kier molecular flexibility index (Phi) is 6.59. The van der Waals surface area contributed by atoms with Gasteiger partial charge >= 0.3 is 0 Å². The number of primary amides is 1. The van der Waals surface area contributed by atoms with Crippen molar-refractivity contribution in [2.75, 3.05) is 0 Å². The van der Waals surface area contributed by atoms with Crippen molar-refractivity contribution in [3.63, 3.8) is 0 Å². The zero-order valence-electron chi connectivity index (χ0n) is 11.7. The lowest BCUT2D eigenvalue weighted by Crippen LogP contribution is -2.33. The largest absolute Gasteiger partial charge is 0.479 e. The van der Waals surface area contributed by atoms with Crippen LogP contribution >= 0.6 is 23.2 Å². The maximum Gasteiger partial charge on any atom is 0.258 e. The molecule has 4 N–H and O–H groups in total. The summed E-state index contributed by atoms with van der Waals surface area (Å²) >= 11 is 12.2. The Hall–Kier alpha value is -0.970. The van der Waals surface area contributed by atoms with Gasteiger partial charge in [0.05, 0.1) is 5.02 Å². The van der Waals surface area contributed by atoms with Gasteiger partial charge in [-0.25, -0.2) is 0 Å². The molecule has 0 aliphatic carbocycles. The molecule has 1 aromatic carbocycles. The molecule has 4 nitrogen and oxygen atoms in total. The Morgan fingerprint density at radius 1 is 1.30 bits per heavy atom. The number of carbonyl (C=O) groups excluding carboxylic acids is 1. The lowest BCUT2D eigenvalue weighted by Gasteiger charge is -2.20. The van der Waals surface area contributed by atoms with Gasteiger partial charge in [-0.2, -0.15) is 0 Å². The van der Waals surface area contributed by atoms with Gasteiger partial charge in [-0.15, -0.1) is 0 Å². The van der Waals surface area contributed by atoms with E-state index in [0.29, 0.717) is 28.6 Å². The normalized spacial score (nSPS) is 13.8. The summed E-state index contributed by atoms with van der Waals surface area (Å²) in [6, 6.07) is 3.31. The standard InChI is InChI=1S/C14H20Cl2N2O2/c1-3-10(17)6-8-5-9(15)7-11(16)13(8)20-12(4-2)14(18)19/h5,7,10,12H,3-4,6,17H2,1-2H3,(H2,18,19). The maximum absolute atomic E-state index is 11.3. The zero-order valence-corrected chi connectivity index (χ0v) is 13.2. The Labute approximate surface area is 129 Å². The molecule has 0 saturated carbocycles. The SMILES string of the molecule is CCC(N)Cc1cc(Cl)cc(Cl)c1OC(CC)C(N)=O. The second kappa shape index (κ2) is 7.72. The van der Waals surface area contributed by atoms with Crippen molar-refractivity contribution >= 4 is 29.1 Å². The maximum atomic E-state index is 11.3. The van der Waals surface area contributed by atoms with Crippen LogP contribution in [0.25, 0.3) is 0 Å². The summed E-state index contributed by atoms with van der Waals surface area (Å²) in [6.07, 6.45) is 1.14. The number of carbonyl (C=O) groups is 1. The fourth-order valence-corrected chi connectivity index (χ4v) is 2.39. The summed E-state index contributed by atoms with van der Waals surface area (Å²) in [5, 5.41) is 0.864. The fourth-order valence-electron chi connectivity index (χ4n) is 1.81. The number of hydrogen-bond acceptors (Lipinski definition) is 3. The van der Waals surface area contributed by atoms with Crippen molar-refractivity contribution in [3.8, 4) is 5.75 Å². The van der Waals surface area contributed by atoms with Crippen LogP contribution in [0.15, 0.2) is 12.1 Å². The van der Waals surface area contributed by atoms with Crippen LogP contribution < -0.4 is 16.2 Å². The number of halogens is 2. The number of ether oxygens (including phenoxy) is 1. The van der Waals surface area contributed by atoms with E-state index in [4.69, 9.17) is 39.4 Å². The molecule has 1 aromatic rings. The summed E-state index contributed by atoms with van der Waals surface area (Å²) in [5.41, 5.74) is 12.0. The molecule has 0 aromatic heterocycles. The van der Waals surface area contributed by atoms with Crippen LogP contribution in [-0.2, 0) is 11.2 Å². The summed E-state index contributed by atoms with van der Waals surface area (Å²) in [4.78, 5) is 11.3. The molecule has 0 saturated heterocycles. The third-order valence-corrected chi connectivity index (χ3v) is 3.54. The zero-order chi connectivity index (χ0) is 15.3. The minimum Gasteiger partial charge on any atom is -0.479 e. The topological polar surface area (TPSA) is 78.3 Å². The van der Waals surface area contributed by atoms with E-state index in [2.05, 4.69) is 0 Å². The van der Waals surface area contributed by atoms with Gasteiger partial charge in [-0.1, -0.05) is 37.0 Å². The highest BCUT2D eigenvalue weighted by Gasteiger charge is 2.20. The first-order valence-corrected chi connectivity index (χ1v) is 7.34. The highest BCUT2D eigenvalue weighted by molar-refractivity contribution is 6.35. The van der Waals surface area contributed by atoms with E-state index in [0.717, 1.165) is 12.0 Å². The van der Waals surface area contributed by atoms with Gasteiger partial charge in [0.2, 0.25) is 0 Å². The summed E-state index contributed by atoms with van der Waals surface area (Å²) in [5.74, 6) is -0.0881. The Balaban J connectivity index is 3.12. The van der Waals surface area contributed by atoms with E-state index in [9.17, 15) is 4.79 Å². The van der Waals surface area contributed by atoms with Crippen LogP contribution in [0.3, 0.4) is 0 Å². The quantitative estimate of drug-likeness (QED) is 0.811. The number of hydrogen-bond donors (Lipinski definition) is 2. The molecule has 0 radical (unpaired) electrons.